The number of nitrogens with zero attached hydrogens (tertiary/aromatic N) is 6. The number of carbonyl (C=O) groups excluding carboxylic acids is 1. The smallest absolute Gasteiger partial charge is 0.164 e. The second-order valence-corrected chi connectivity index (χ2v) is 28.6. The van der Waals surface area contributed by atoms with Crippen LogP contribution in [0.2, 0.25) is 0 Å². The first-order valence-corrected chi connectivity index (χ1v) is 39.1. The maximum absolute atomic E-state index is 12.4. The van der Waals surface area contributed by atoms with Crippen LogP contribution in [0, 0.1) is 35.5 Å². The van der Waals surface area contributed by atoms with Crippen molar-refractivity contribution in [3.63, 3.8) is 0 Å². The summed E-state index contributed by atoms with van der Waals surface area (Å²) in [5, 5.41) is 4.97. The number of aromatic nitrogens is 8. The molecule has 2 N–H and O–H groups in total. The number of nitrogens with one attached hydrogen (secondary N) is 2. The minimum absolute atomic E-state index is 0.363. The number of carbonyl (C=O) groups is 1. The molecule has 0 radical (unpaired) electrons. The Labute approximate surface area is 595 Å². The molecule has 0 spiro atoms. The number of unbranched alkanes of at least 4 members (excludes halogenated alkanes) is 6. The lowest BCUT2D eigenvalue weighted by molar-refractivity contribution is 0.112. The maximum atomic E-state index is 12.4. The van der Waals surface area contributed by atoms with Gasteiger partial charge in [-0.2, -0.15) is 0 Å². The number of hydrogen-bond donors (Lipinski definition) is 2. The lowest BCUT2D eigenvalue weighted by Crippen LogP contribution is -2.14. The van der Waals surface area contributed by atoms with Crippen LogP contribution in [0.3, 0.4) is 0 Å². The van der Waals surface area contributed by atoms with Crippen LogP contribution in [-0.2, 0) is 0 Å². The summed E-state index contributed by atoms with van der Waals surface area (Å²) in [7, 11) is 0. The second kappa shape index (κ2) is 37.2. The van der Waals surface area contributed by atoms with Crippen LogP contribution in [0.15, 0.2) is 66.7 Å². The third-order valence-corrected chi connectivity index (χ3v) is 21.2. The molecule has 538 valence electrons. The predicted octanol–water partition coefficient (Wildman–Crippen LogP) is 23.4. The number of benzene rings is 5. The van der Waals surface area contributed by atoms with Crippen LogP contribution in [-0.4, -0.2) is 85.8 Å². The highest BCUT2D eigenvalue weighted by molar-refractivity contribution is 6.10. The number of aldehydes is 1. The van der Waals surface area contributed by atoms with Crippen LogP contribution < -0.4 is 28.4 Å². The van der Waals surface area contributed by atoms with Gasteiger partial charge in [-0.25, -0.2) is 29.9 Å². The summed E-state index contributed by atoms with van der Waals surface area (Å²) in [5.74, 6) is 7.85. The zero-order valence-corrected chi connectivity index (χ0v) is 62.6. The summed E-state index contributed by atoms with van der Waals surface area (Å²) in [5.41, 5.74) is 5.75. The molecule has 2 aliphatic rings. The van der Waals surface area contributed by atoms with Gasteiger partial charge in [0.05, 0.1) is 39.6 Å². The van der Waals surface area contributed by atoms with E-state index in [0.29, 0.717) is 161 Å². The Morgan fingerprint density at radius 1 is 0.310 bits per heavy atom. The van der Waals surface area contributed by atoms with Crippen molar-refractivity contribution in [2.24, 2.45) is 35.5 Å². The number of aromatic amines is 2. The van der Waals surface area contributed by atoms with E-state index in [9.17, 15) is 4.79 Å². The Morgan fingerprint density at radius 2 is 0.570 bits per heavy atom. The lowest BCUT2D eigenvalue weighted by atomic mass is 10.00. The first-order valence-electron chi connectivity index (χ1n) is 39.1. The molecule has 0 saturated heterocycles. The van der Waals surface area contributed by atoms with Crippen molar-refractivity contribution in [1.82, 2.24) is 39.9 Å². The monoisotopic (exact) mass is 1360 g/mol. The van der Waals surface area contributed by atoms with E-state index < -0.39 is 0 Å². The van der Waals surface area contributed by atoms with Gasteiger partial charge in [0.25, 0.3) is 0 Å². The Balaban J connectivity index is 1.31. The van der Waals surface area contributed by atoms with E-state index in [1.165, 1.54) is 0 Å². The van der Waals surface area contributed by atoms with Crippen molar-refractivity contribution in [3.8, 4) is 80.0 Å². The molecule has 3 aromatic heterocycles. The lowest BCUT2D eigenvalue weighted by Gasteiger charge is -2.21. The predicted molar refractivity (Wildman–Crippen MR) is 412 cm³/mol. The minimum Gasteiger partial charge on any atom is -0.489 e. The van der Waals surface area contributed by atoms with E-state index in [0.717, 1.165) is 215 Å². The van der Waals surface area contributed by atoms with Crippen molar-refractivity contribution in [2.75, 3.05) is 39.6 Å². The second-order valence-electron chi connectivity index (χ2n) is 28.6. The van der Waals surface area contributed by atoms with Gasteiger partial charge in [0.15, 0.2) is 57.8 Å². The molecule has 8 bridgehead atoms. The number of ether oxygens (including phenoxy) is 6. The van der Waals surface area contributed by atoms with Crippen LogP contribution >= 0.6 is 0 Å². The first kappa shape index (κ1) is 74.9. The summed E-state index contributed by atoms with van der Waals surface area (Å²) >= 11 is 0. The Morgan fingerprint density at radius 3 is 0.850 bits per heavy atom. The van der Waals surface area contributed by atoms with Gasteiger partial charge in [-0.05, 0) is 139 Å². The Hall–Kier alpha value is -7.81. The van der Waals surface area contributed by atoms with Gasteiger partial charge >= 0.3 is 0 Å². The van der Waals surface area contributed by atoms with Crippen molar-refractivity contribution in [2.45, 2.75) is 237 Å². The zero-order valence-electron chi connectivity index (χ0n) is 62.6. The molecule has 2 aliphatic heterocycles. The average Bonchev–Trinajstić information content (AvgIpc) is 1.59. The topological polar surface area (TPSA) is 181 Å². The Kier molecular flexibility index (Phi) is 27.9. The number of fused-ring (bicyclic) bond motifs is 21. The van der Waals surface area contributed by atoms with E-state index in [1.54, 1.807) is 0 Å². The fourth-order valence-corrected chi connectivity index (χ4v) is 14.0. The molecule has 6 unspecified atom stereocenters. The molecule has 0 amide bonds. The molecule has 100 heavy (non-hydrogen) atoms. The third kappa shape index (κ3) is 18.5. The summed E-state index contributed by atoms with van der Waals surface area (Å²) in [4.78, 5) is 53.3. The highest BCUT2D eigenvalue weighted by Gasteiger charge is 2.29. The van der Waals surface area contributed by atoms with Crippen molar-refractivity contribution < 1.29 is 33.2 Å². The minimum atomic E-state index is 0.363. The maximum Gasteiger partial charge on any atom is 0.164 e. The molecule has 15 heteroatoms. The van der Waals surface area contributed by atoms with Crippen molar-refractivity contribution in [3.05, 3.63) is 72.3 Å². The normalized spacial score (nSPS) is 13.8. The zero-order chi connectivity index (χ0) is 70.5. The number of H-pyrrole nitrogens is 2. The fraction of sp³-hybridized carbons (Fsp3) is 0.565. The molecular formula is C85H116N8O7. The van der Waals surface area contributed by atoms with Crippen molar-refractivity contribution >= 4 is 61.2 Å². The van der Waals surface area contributed by atoms with Gasteiger partial charge < -0.3 is 38.4 Å². The van der Waals surface area contributed by atoms with E-state index in [2.05, 4.69) is 142 Å². The largest absolute Gasteiger partial charge is 0.489 e. The highest BCUT2D eigenvalue weighted by atomic mass is 16.5. The molecule has 8 aromatic rings. The SMILES string of the molecule is CCCCC(CC)COc1cc2c(cc1OCC(CC)CCCC)-c1nc-2nc2nc(nc3[nH]c(nc4[nH]c(n1)c1cc(OCC(CC)CCCC)c(OCC(CC)CCCC)cc41)c1cc(OCC(CC)CCCC)c(OCC(CC)CCCC)cc31)-c1cc3ccc(C=O)cc3cc1-2. The molecule has 0 aliphatic carbocycles. The summed E-state index contributed by atoms with van der Waals surface area (Å²) in [6.45, 7) is 30.3. The van der Waals surface area contributed by atoms with Gasteiger partial charge in [-0.1, -0.05) is 211 Å². The summed E-state index contributed by atoms with van der Waals surface area (Å²) < 4.78 is 42.1. The van der Waals surface area contributed by atoms with E-state index >= 15 is 0 Å². The molecule has 0 saturated carbocycles. The number of rotatable bonds is 43. The van der Waals surface area contributed by atoms with Crippen LogP contribution in [0.25, 0.3) is 100 Å². The van der Waals surface area contributed by atoms with Crippen molar-refractivity contribution in [1.29, 1.82) is 0 Å². The van der Waals surface area contributed by atoms with Gasteiger partial charge in [-0.15, -0.1) is 0 Å². The molecule has 6 atom stereocenters. The number of hydrogen-bond acceptors (Lipinski definition) is 13. The molecule has 5 aromatic carbocycles. The summed E-state index contributed by atoms with van der Waals surface area (Å²) in [6.07, 6.45) is 26.9. The van der Waals surface area contributed by atoms with Gasteiger partial charge in [0.1, 0.15) is 28.9 Å². The molecule has 10 rings (SSSR count). The van der Waals surface area contributed by atoms with Gasteiger partial charge in [0, 0.05) is 49.4 Å². The van der Waals surface area contributed by atoms with Crippen LogP contribution in [0.1, 0.15) is 248 Å². The summed E-state index contributed by atoms with van der Waals surface area (Å²) in [6, 6.07) is 22.4. The highest BCUT2D eigenvalue weighted by Crippen LogP contribution is 2.46. The molecule has 0 fully saturated rings. The molecule has 15 nitrogen and oxygen atoms in total. The molecule has 5 heterocycles. The van der Waals surface area contributed by atoms with E-state index in [-0.39, 0.29) is 0 Å². The average molecular weight is 1360 g/mol. The van der Waals surface area contributed by atoms with E-state index in [1.807, 2.05) is 18.2 Å². The van der Waals surface area contributed by atoms with E-state index in [4.69, 9.17) is 58.3 Å². The van der Waals surface area contributed by atoms with Crippen LogP contribution in [0.4, 0.5) is 0 Å². The first-order chi connectivity index (χ1) is 48.9. The Bertz CT molecular complexity index is 4160. The quantitative estimate of drug-likeness (QED) is 0.0345. The molecular weight excluding hydrogens is 1240 g/mol. The van der Waals surface area contributed by atoms with Gasteiger partial charge in [-0.3, -0.25) is 4.79 Å². The fourth-order valence-electron chi connectivity index (χ4n) is 14.0. The van der Waals surface area contributed by atoms with Gasteiger partial charge in [0.2, 0.25) is 0 Å². The third-order valence-electron chi connectivity index (χ3n) is 21.2. The standard InChI is InChI=1S/C85H116N8O7/c1-13-25-31-55(19-7)49-95-72-42-66-68(44-74(72)97-51-57(21-9)33-27-15-3)82-89-80(66)87-78-64-40-62-38-37-61(48-94)39-63(62)41-65(64)79(86-78)88-81-67-43-73(96-50-56(20-8)32-26-14-2)75(98-52-58(22-10)34-28-16-4)45-69(67)83(90-81)92-85-71-47-77(100-54-60(24-12)36-30-18-6)76(46-70(71)84(91-82)93-85)99-53-59(23-11)35-29-17-5/h37-48,55-60H,13-36,49-54H2,1-12H3,(H2,86,87,88,89,90,91,92,93). The van der Waals surface area contributed by atoms with Crippen LogP contribution in [0.5, 0.6) is 34.5 Å².